The molecule has 1 saturated carbocycles. The summed E-state index contributed by atoms with van der Waals surface area (Å²) in [5, 5.41) is 3.18. The second kappa shape index (κ2) is 8.60. The van der Waals surface area contributed by atoms with Gasteiger partial charge in [-0.3, -0.25) is 4.79 Å². The van der Waals surface area contributed by atoms with Crippen LogP contribution in [0.3, 0.4) is 0 Å². The van der Waals surface area contributed by atoms with Crippen LogP contribution in [0.25, 0.3) is 0 Å². The van der Waals surface area contributed by atoms with Crippen LogP contribution < -0.4 is 10.1 Å². The third-order valence-corrected chi connectivity index (χ3v) is 5.65. The van der Waals surface area contributed by atoms with Gasteiger partial charge in [0.2, 0.25) is 5.91 Å². The summed E-state index contributed by atoms with van der Waals surface area (Å²) in [7, 11) is 0. The van der Waals surface area contributed by atoms with Crippen molar-refractivity contribution in [1.82, 2.24) is 0 Å². The van der Waals surface area contributed by atoms with Gasteiger partial charge in [0.05, 0.1) is 12.0 Å². The molecule has 3 heteroatoms. The molecular formula is C24H31NO2. The maximum Gasteiger partial charge on any atom is 0.235 e. The molecule has 0 saturated heterocycles. The molecule has 1 N–H and O–H groups in total. The Morgan fingerprint density at radius 3 is 2.56 bits per heavy atom. The molecule has 1 fully saturated rings. The average molecular weight is 366 g/mol. The molecule has 0 radical (unpaired) electrons. The lowest BCUT2D eigenvalue weighted by Crippen LogP contribution is -2.38. The number of benzene rings is 2. The molecule has 0 aliphatic heterocycles. The first-order valence-electron chi connectivity index (χ1n) is 10.2. The zero-order valence-corrected chi connectivity index (χ0v) is 16.8. The van der Waals surface area contributed by atoms with Crippen LogP contribution in [0.2, 0.25) is 0 Å². The number of nitrogens with one attached hydrogen (secondary N) is 1. The van der Waals surface area contributed by atoms with Crippen molar-refractivity contribution in [3.8, 4) is 5.75 Å². The zero-order chi connectivity index (χ0) is 19.3. The largest absolute Gasteiger partial charge is 0.493 e. The van der Waals surface area contributed by atoms with Crippen LogP contribution in [0.15, 0.2) is 42.5 Å². The van der Waals surface area contributed by atoms with E-state index in [-0.39, 0.29) is 5.91 Å². The number of amides is 1. The highest BCUT2D eigenvalue weighted by Gasteiger charge is 2.42. The number of rotatable bonds is 7. The first-order valence-corrected chi connectivity index (χ1v) is 10.2. The van der Waals surface area contributed by atoms with Gasteiger partial charge in [-0.2, -0.15) is 0 Å². The molecule has 3 nitrogen and oxygen atoms in total. The molecule has 0 spiro atoms. The highest BCUT2D eigenvalue weighted by molar-refractivity contribution is 5.99. The van der Waals surface area contributed by atoms with E-state index in [2.05, 4.69) is 43.4 Å². The van der Waals surface area contributed by atoms with Gasteiger partial charge >= 0.3 is 0 Å². The van der Waals surface area contributed by atoms with Gasteiger partial charge in [-0.15, -0.1) is 0 Å². The molecule has 0 unspecified atom stereocenters. The number of hydrogen-bond acceptors (Lipinski definition) is 2. The van der Waals surface area contributed by atoms with Crippen LogP contribution in [0.5, 0.6) is 5.75 Å². The van der Waals surface area contributed by atoms with Crippen molar-refractivity contribution in [3.05, 3.63) is 59.2 Å². The topological polar surface area (TPSA) is 38.3 Å². The van der Waals surface area contributed by atoms with E-state index >= 15 is 0 Å². The van der Waals surface area contributed by atoms with Gasteiger partial charge in [0, 0.05) is 5.69 Å². The Hall–Kier alpha value is -2.29. The van der Waals surface area contributed by atoms with Crippen molar-refractivity contribution in [2.75, 3.05) is 11.9 Å². The van der Waals surface area contributed by atoms with E-state index in [4.69, 9.17) is 4.74 Å². The highest BCUT2D eigenvalue weighted by Crippen LogP contribution is 2.42. The van der Waals surface area contributed by atoms with E-state index in [0.717, 1.165) is 67.7 Å². The van der Waals surface area contributed by atoms with Crippen molar-refractivity contribution in [3.63, 3.8) is 0 Å². The number of ether oxygens (including phenoxy) is 1. The van der Waals surface area contributed by atoms with Crippen LogP contribution >= 0.6 is 0 Å². The molecule has 27 heavy (non-hydrogen) atoms. The Labute approximate surface area is 163 Å². The highest BCUT2D eigenvalue weighted by atomic mass is 16.5. The monoisotopic (exact) mass is 365 g/mol. The smallest absolute Gasteiger partial charge is 0.235 e. The molecule has 144 valence electrons. The first-order chi connectivity index (χ1) is 13.0. The SMILES string of the molecule is CCCCOc1ccc(NC(=O)C2(c3cccc(C)c3)CCCC2)cc1C. The quantitative estimate of drug-likeness (QED) is 0.617. The van der Waals surface area contributed by atoms with E-state index < -0.39 is 5.41 Å². The van der Waals surface area contributed by atoms with Crippen LogP contribution in [-0.2, 0) is 10.2 Å². The van der Waals surface area contributed by atoms with Gasteiger partial charge in [-0.25, -0.2) is 0 Å². The van der Waals surface area contributed by atoms with E-state index in [9.17, 15) is 4.79 Å². The maximum absolute atomic E-state index is 13.3. The van der Waals surface area contributed by atoms with E-state index in [0.29, 0.717) is 0 Å². The van der Waals surface area contributed by atoms with Crippen molar-refractivity contribution in [1.29, 1.82) is 0 Å². The fourth-order valence-electron chi connectivity index (χ4n) is 4.03. The Morgan fingerprint density at radius 2 is 1.89 bits per heavy atom. The summed E-state index contributed by atoms with van der Waals surface area (Å²) in [6, 6.07) is 14.3. The minimum absolute atomic E-state index is 0.115. The molecule has 1 aliphatic carbocycles. The minimum Gasteiger partial charge on any atom is -0.493 e. The second-order valence-electron chi connectivity index (χ2n) is 7.80. The Bertz CT molecular complexity index is 791. The number of hydrogen-bond donors (Lipinski definition) is 1. The number of unbranched alkanes of at least 4 members (excludes halogenated alkanes) is 1. The summed E-state index contributed by atoms with van der Waals surface area (Å²) < 4.78 is 5.83. The first kappa shape index (κ1) is 19.5. The molecule has 2 aromatic rings. The van der Waals surface area contributed by atoms with Crippen molar-refractivity contribution in [2.45, 2.75) is 64.7 Å². The van der Waals surface area contributed by atoms with E-state index in [1.807, 2.05) is 25.1 Å². The third-order valence-electron chi connectivity index (χ3n) is 5.65. The van der Waals surface area contributed by atoms with Crippen molar-refractivity contribution in [2.24, 2.45) is 0 Å². The number of aryl methyl sites for hydroxylation is 2. The third kappa shape index (κ3) is 4.35. The average Bonchev–Trinajstić information content (AvgIpc) is 3.15. The standard InChI is InChI=1S/C24H31NO2/c1-4-5-15-27-22-12-11-21(17-19(22)3)25-23(26)24(13-6-7-14-24)20-10-8-9-18(2)16-20/h8-12,16-17H,4-7,13-15H2,1-3H3,(H,25,26). The van der Waals surface area contributed by atoms with Gasteiger partial charge in [0.1, 0.15) is 5.75 Å². The molecule has 3 rings (SSSR count). The minimum atomic E-state index is -0.407. The Balaban J connectivity index is 1.78. The fourth-order valence-corrected chi connectivity index (χ4v) is 4.03. The summed E-state index contributed by atoms with van der Waals surface area (Å²) >= 11 is 0. The Morgan fingerprint density at radius 1 is 1.11 bits per heavy atom. The van der Waals surface area contributed by atoms with E-state index in [1.165, 1.54) is 5.56 Å². The predicted octanol–water partition coefficient (Wildman–Crippen LogP) is 5.93. The molecule has 0 atom stereocenters. The van der Waals surface area contributed by atoms with Gasteiger partial charge in [-0.1, -0.05) is 56.0 Å². The molecule has 0 bridgehead atoms. The molecule has 0 aromatic heterocycles. The van der Waals surface area contributed by atoms with Gasteiger partial charge in [0.15, 0.2) is 0 Å². The molecule has 1 amide bonds. The lowest BCUT2D eigenvalue weighted by atomic mass is 9.77. The normalized spacial score (nSPS) is 15.5. The number of anilines is 1. The van der Waals surface area contributed by atoms with Crippen LogP contribution in [0.1, 0.15) is 62.1 Å². The fraction of sp³-hybridized carbons (Fsp3) is 0.458. The second-order valence-corrected chi connectivity index (χ2v) is 7.80. The summed E-state index contributed by atoms with van der Waals surface area (Å²) in [6.45, 7) is 7.01. The lowest BCUT2D eigenvalue weighted by molar-refractivity contribution is -0.121. The summed E-state index contributed by atoms with van der Waals surface area (Å²) in [4.78, 5) is 13.3. The van der Waals surface area contributed by atoms with Crippen LogP contribution in [0.4, 0.5) is 5.69 Å². The number of carbonyl (C=O) groups excluding carboxylic acids is 1. The summed E-state index contributed by atoms with van der Waals surface area (Å²) in [6.07, 6.45) is 6.21. The number of carbonyl (C=O) groups is 1. The zero-order valence-electron chi connectivity index (χ0n) is 16.8. The van der Waals surface area contributed by atoms with Gasteiger partial charge < -0.3 is 10.1 Å². The predicted molar refractivity (Wildman–Crippen MR) is 112 cm³/mol. The van der Waals surface area contributed by atoms with Crippen LogP contribution in [0, 0.1) is 13.8 Å². The molecular weight excluding hydrogens is 334 g/mol. The van der Waals surface area contributed by atoms with Gasteiger partial charge in [-0.05, 0) is 62.4 Å². The van der Waals surface area contributed by atoms with Crippen molar-refractivity contribution >= 4 is 11.6 Å². The molecule has 2 aromatic carbocycles. The van der Waals surface area contributed by atoms with Crippen LogP contribution in [-0.4, -0.2) is 12.5 Å². The van der Waals surface area contributed by atoms with E-state index in [1.54, 1.807) is 0 Å². The van der Waals surface area contributed by atoms with Crippen molar-refractivity contribution < 1.29 is 9.53 Å². The summed E-state index contributed by atoms with van der Waals surface area (Å²) in [5.41, 5.74) is 3.85. The lowest BCUT2D eigenvalue weighted by Gasteiger charge is -2.29. The molecule has 0 heterocycles. The maximum atomic E-state index is 13.3. The molecule has 1 aliphatic rings. The van der Waals surface area contributed by atoms with Gasteiger partial charge in [0.25, 0.3) is 0 Å². The Kier molecular flexibility index (Phi) is 6.20. The summed E-state index contributed by atoms with van der Waals surface area (Å²) in [5.74, 6) is 1.01.